The second-order valence-corrected chi connectivity index (χ2v) is 6.70. The lowest BCUT2D eigenvalue weighted by molar-refractivity contribution is -0.129. The van der Waals surface area contributed by atoms with Crippen molar-refractivity contribution in [2.75, 3.05) is 12.9 Å². The predicted molar refractivity (Wildman–Crippen MR) is 101 cm³/mol. The minimum absolute atomic E-state index is 0.0473. The molecule has 0 spiro atoms. The Labute approximate surface area is 157 Å². The van der Waals surface area contributed by atoms with E-state index in [4.69, 9.17) is 9.15 Å². The molecule has 3 rings (SSSR count). The fourth-order valence-corrected chi connectivity index (χ4v) is 3.24. The molecule has 0 atom stereocenters. The Kier molecular flexibility index (Phi) is 6.33. The van der Waals surface area contributed by atoms with E-state index in [1.807, 2.05) is 48.5 Å². The molecule has 134 valence electrons. The number of pyridine rings is 1. The number of aromatic nitrogens is 1. The number of hydrogen-bond donors (Lipinski definition) is 0. The quantitative estimate of drug-likeness (QED) is 0.563. The third kappa shape index (κ3) is 5.13. The summed E-state index contributed by atoms with van der Waals surface area (Å²) in [6, 6.07) is 15.2. The number of benzene rings is 1. The van der Waals surface area contributed by atoms with Crippen LogP contribution in [0, 0.1) is 0 Å². The molecule has 1 amide bonds. The second-order valence-electron chi connectivity index (χ2n) is 5.65. The lowest BCUT2D eigenvalue weighted by Crippen LogP contribution is -2.31. The molecule has 0 bridgehead atoms. The lowest BCUT2D eigenvalue weighted by atomic mass is 10.2. The number of furan rings is 1. The van der Waals surface area contributed by atoms with E-state index in [-0.39, 0.29) is 5.91 Å². The van der Waals surface area contributed by atoms with Gasteiger partial charge in [0.25, 0.3) is 0 Å². The number of nitrogens with zero attached hydrogens (tertiary/aromatic N) is 2. The summed E-state index contributed by atoms with van der Waals surface area (Å²) in [4.78, 5) is 19.7. The van der Waals surface area contributed by atoms with Gasteiger partial charge in [-0.2, -0.15) is 0 Å². The van der Waals surface area contributed by atoms with Gasteiger partial charge in [0, 0.05) is 23.8 Å². The van der Waals surface area contributed by atoms with Crippen molar-refractivity contribution >= 4 is 17.7 Å². The zero-order valence-electron chi connectivity index (χ0n) is 14.5. The van der Waals surface area contributed by atoms with Crippen molar-refractivity contribution in [3.8, 4) is 5.75 Å². The molecule has 0 aliphatic carbocycles. The first-order valence-corrected chi connectivity index (χ1v) is 9.19. The van der Waals surface area contributed by atoms with Crippen LogP contribution in [0.2, 0.25) is 0 Å². The average Bonchev–Trinajstić information content (AvgIpc) is 3.20. The summed E-state index contributed by atoms with van der Waals surface area (Å²) in [6.45, 7) is 0.931. The van der Waals surface area contributed by atoms with Gasteiger partial charge in [0.05, 0.1) is 25.7 Å². The summed E-state index contributed by atoms with van der Waals surface area (Å²) >= 11 is 1.51. The number of methoxy groups -OCH3 is 1. The van der Waals surface area contributed by atoms with Gasteiger partial charge in [-0.25, -0.2) is 0 Å². The standard InChI is InChI=1S/C20H20N2O3S/c1-24-17-6-8-19(9-7-17)26-15-20(23)22(14-18-5-3-11-25-18)13-16-4-2-10-21-12-16/h2-12H,13-15H2,1H3. The number of rotatable bonds is 8. The van der Waals surface area contributed by atoms with Crippen LogP contribution in [0.15, 0.2) is 76.5 Å². The van der Waals surface area contributed by atoms with Crippen LogP contribution in [0.5, 0.6) is 5.75 Å². The summed E-state index contributed by atoms with van der Waals surface area (Å²) in [5.74, 6) is 1.97. The molecule has 26 heavy (non-hydrogen) atoms. The number of amides is 1. The Morgan fingerprint density at radius 2 is 2.00 bits per heavy atom. The summed E-state index contributed by atoms with van der Waals surface area (Å²) in [7, 11) is 1.64. The second kappa shape index (κ2) is 9.10. The zero-order chi connectivity index (χ0) is 18.2. The molecule has 0 saturated carbocycles. The Balaban J connectivity index is 1.65. The van der Waals surface area contributed by atoms with Gasteiger partial charge in [0.15, 0.2) is 0 Å². The van der Waals surface area contributed by atoms with Crippen LogP contribution in [0.1, 0.15) is 11.3 Å². The fraction of sp³-hybridized carbons (Fsp3) is 0.200. The summed E-state index contributed by atoms with van der Waals surface area (Å²) < 4.78 is 10.6. The lowest BCUT2D eigenvalue weighted by Gasteiger charge is -2.21. The van der Waals surface area contributed by atoms with Gasteiger partial charge in [-0.1, -0.05) is 6.07 Å². The van der Waals surface area contributed by atoms with E-state index in [1.165, 1.54) is 11.8 Å². The van der Waals surface area contributed by atoms with Crippen molar-refractivity contribution in [2.24, 2.45) is 0 Å². The van der Waals surface area contributed by atoms with E-state index < -0.39 is 0 Å². The normalized spacial score (nSPS) is 10.5. The van der Waals surface area contributed by atoms with Crippen LogP contribution in [-0.2, 0) is 17.9 Å². The molecule has 1 aromatic carbocycles. The van der Waals surface area contributed by atoms with E-state index in [2.05, 4.69) is 4.98 Å². The molecule has 0 fully saturated rings. The zero-order valence-corrected chi connectivity index (χ0v) is 15.3. The maximum Gasteiger partial charge on any atom is 0.233 e. The van der Waals surface area contributed by atoms with Crippen LogP contribution in [0.4, 0.5) is 0 Å². The van der Waals surface area contributed by atoms with Crippen molar-refractivity contribution in [1.29, 1.82) is 0 Å². The van der Waals surface area contributed by atoms with Crippen molar-refractivity contribution in [3.05, 3.63) is 78.5 Å². The number of thioether (sulfide) groups is 1. The van der Waals surface area contributed by atoms with E-state index in [0.717, 1.165) is 22.0 Å². The van der Waals surface area contributed by atoms with E-state index >= 15 is 0 Å². The molecule has 0 aliphatic heterocycles. The molecule has 5 nitrogen and oxygen atoms in total. The summed E-state index contributed by atoms with van der Waals surface area (Å²) in [5, 5.41) is 0. The Morgan fingerprint density at radius 3 is 2.65 bits per heavy atom. The highest BCUT2D eigenvalue weighted by Crippen LogP contribution is 2.22. The molecule has 0 aliphatic rings. The van der Waals surface area contributed by atoms with E-state index in [0.29, 0.717) is 18.8 Å². The monoisotopic (exact) mass is 368 g/mol. The molecule has 0 radical (unpaired) electrons. The van der Waals surface area contributed by atoms with Gasteiger partial charge in [-0.15, -0.1) is 11.8 Å². The minimum atomic E-state index is 0.0473. The third-order valence-electron chi connectivity index (χ3n) is 3.80. The topological polar surface area (TPSA) is 55.6 Å². The Bertz CT molecular complexity index is 805. The molecule has 2 aromatic heterocycles. The minimum Gasteiger partial charge on any atom is -0.497 e. The van der Waals surface area contributed by atoms with Crippen molar-refractivity contribution in [3.63, 3.8) is 0 Å². The number of carbonyl (C=O) groups excluding carboxylic acids is 1. The van der Waals surface area contributed by atoms with Gasteiger partial charge in [0.2, 0.25) is 5.91 Å². The maximum atomic E-state index is 12.8. The van der Waals surface area contributed by atoms with Crippen molar-refractivity contribution in [2.45, 2.75) is 18.0 Å². The molecule has 6 heteroatoms. The average molecular weight is 368 g/mol. The molecular weight excluding hydrogens is 348 g/mol. The number of ether oxygens (including phenoxy) is 1. The van der Waals surface area contributed by atoms with Gasteiger partial charge >= 0.3 is 0 Å². The highest BCUT2D eigenvalue weighted by atomic mass is 32.2. The molecule has 0 unspecified atom stereocenters. The molecule has 2 heterocycles. The fourth-order valence-electron chi connectivity index (χ4n) is 2.44. The molecular formula is C20H20N2O3S. The van der Waals surface area contributed by atoms with E-state index in [1.54, 1.807) is 30.7 Å². The van der Waals surface area contributed by atoms with Crippen LogP contribution >= 0.6 is 11.8 Å². The first-order chi connectivity index (χ1) is 12.7. The predicted octanol–water partition coefficient (Wildman–Crippen LogP) is 4.00. The summed E-state index contributed by atoms with van der Waals surface area (Å²) in [5.41, 5.74) is 0.988. The van der Waals surface area contributed by atoms with Crippen LogP contribution in [-0.4, -0.2) is 28.7 Å². The Morgan fingerprint density at radius 1 is 1.15 bits per heavy atom. The molecule has 0 saturated heterocycles. The molecule has 0 N–H and O–H groups in total. The maximum absolute atomic E-state index is 12.8. The Hall–Kier alpha value is -2.73. The number of hydrogen-bond acceptors (Lipinski definition) is 5. The van der Waals surface area contributed by atoms with Gasteiger partial charge in [-0.3, -0.25) is 9.78 Å². The highest BCUT2D eigenvalue weighted by molar-refractivity contribution is 8.00. The third-order valence-corrected chi connectivity index (χ3v) is 4.79. The van der Waals surface area contributed by atoms with Crippen LogP contribution < -0.4 is 4.74 Å². The first-order valence-electron chi connectivity index (χ1n) is 8.20. The van der Waals surface area contributed by atoms with Crippen molar-refractivity contribution in [1.82, 2.24) is 9.88 Å². The van der Waals surface area contributed by atoms with E-state index in [9.17, 15) is 4.79 Å². The highest BCUT2D eigenvalue weighted by Gasteiger charge is 2.16. The van der Waals surface area contributed by atoms with Gasteiger partial charge in [0.1, 0.15) is 11.5 Å². The summed E-state index contributed by atoms with van der Waals surface area (Å²) in [6.07, 6.45) is 5.12. The smallest absolute Gasteiger partial charge is 0.233 e. The van der Waals surface area contributed by atoms with Crippen molar-refractivity contribution < 1.29 is 13.9 Å². The van der Waals surface area contributed by atoms with Crippen LogP contribution in [0.3, 0.4) is 0 Å². The van der Waals surface area contributed by atoms with Gasteiger partial charge < -0.3 is 14.1 Å². The molecule has 3 aromatic rings. The largest absolute Gasteiger partial charge is 0.497 e. The number of carbonyl (C=O) groups is 1. The van der Waals surface area contributed by atoms with Gasteiger partial charge in [-0.05, 0) is 48.0 Å². The SMILES string of the molecule is COc1ccc(SCC(=O)N(Cc2cccnc2)Cc2ccco2)cc1. The van der Waals surface area contributed by atoms with Crippen LogP contribution in [0.25, 0.3) is 0 Å². The first kappa shape index (κ1) is 18.1.